The third-order valence-electron chi connectivity index (χ3n) is 5.16. The van der Waals surface area contributed by atoms with Crippen LogP contribution in [0.5, 0.6) is 17.2 Å². The van der Waals surface area contributed by atoms with Gasteiger partial charge in [0.15, 0.2) is 0 Å². The second-order valence-electron chi connectivity index (χ2n) is 6.45. The number of piperidine rings is 1. The van der Waals surface area contributed by atoms with Crippen molar-refractivity contribution in [1.82, 2.24) is 0 Å². The molecule has 5 heteroatoms. The lowest BCUT2D eigenvalue weighted by molar-refractivity contribution is 0.379. The molecule has 0 atom stereocenters. The fraction of sp³-hybridized carbons (Fsp3) is 0.381. The van der Waals surface area contributed by atoms with Gasteiger partial charge in [-0.3, -0.25) is 0 Å². The van der Waals surface area contributed by atoms with Gasteiger partial charge in [-0.05, 0) is 42.7 Å². The van der Waals surface area contributed by atoms with Crippen LogP contribution in [0.15, 0.2) is 42.5 Å². The first kappa shape index (κ1) is 17.9. The SMILES string of the molecule is COc1cc(OC)cc(C2(C#N)CCN(c3ccccc3OC)CC2)c1. The van der Waals surface area contributed by atoms with E-state index in [2.05, 4.69) is 17.0 Å². The summed E-state index contributed by atoms with van der Waals surface area (Å²) in [6.45, 7) is 1.57. The molecule has 1 aliphatic rings. The summed E-state index contributed by atoms with van der Waals surface area (Å²) in [5.74, 6) is 2.28. The van der Waals surface area contributed by atoms with Crippen LogP contribution in [-0.4, -0.2) is 34.4 Å². The molecule has 1 aliphatic heterocycles. The summed E-state index contributed by atoms with van der Waals surface area (Å²) >= 11 is 0. The Morgan fingerprint density at radius 3 is 2.08 bits per heavy atom. The van der Waals surface area contributed by atoms with E-state index in [0.717, 1.165) is 42.9 Å². The van der Waals surface area contributed by atoms with Crippen LogP contribution in [0.3, 0.4) is 0 Å². The van der Waals surface area contributed by atoms with Crippen LogP contribution in [0.2, 0.25) is 0 Å². The number of hydrogen-bond acceptors (Lipinski definition) is 5. The Kier molecular flexibility index (Phi) is 5.22. The van der Waals surface area contributed by atoms with Crippen LogP contribution in [0.4, 0.5) is 5.69 Å². The van der Waals surface area contributed by atoms with Gasteiger partial charge in [-0.15, -0.1) is 0 Å². The first-order valence-corrected chi connectivity index (χ1v) is 8.68. The highest BCUT2D eigenvalue weighted by molar-refractivity contribution is 5.59. The number of methoxy groups -OCH3 is 3. The second kappa shape index (κ2) is 7.57. The van der Waals surface area contributed by atoms with Crippen LogP contribution in [-0.2, 0) is 5.41 Å². The van der Waals surface area contributed by atoms with Crippen LogP contribution in [0, 0.1) is 11.3 Å². The van der Waals surface area contributed by atoms with Crippen LogP contribution in [0.1, 0.15) is 18.4 Å². The molecule has 0 aromatic heterocycles. The van der Waals surface area contributed by atoms with Crippen molar-refractivity contribution in [3.63, 3.8) is 0 Å². The summed E-state index contributed by atoms with van der Waals surface area (Å²) in [6, 6.07) is 16.3. The van der Waals surface area contributed by atoms with Crippen molar-refractivity contribution in [3.8, 4) is 23.3 Å². The van der Waals surface area contributed by atoms with Gasteiger partial charge in [0, 0.05) is 19.2 Å². The summed E-state index contributed by atoms with van der Waals surface area (Å²) in [7, 11) is 4.94. The normalized spacial score (nSPS) is 15.8. The van der Waals surface area contributed by atoms with E-state index in [4.69, 9.17) is 14.2 Å². The van der Waals surface area contributed by atoms with Crippen LogP contribution < -0.4 is 19.1 Å². The van der Waals surface area contributed by atoms with E-state index in [9.17, 15) is 5.26 Å². The maximum Gasteiger partial charge on any atom is 0.142 e. The quantitative estimate of drug-likeness (QED) is 0.820. The lowest BCUT2D eigenvalue weighted by atomic mass is 9.74. The molecule has 0 radical (unpaired) electrons. The van der Waals surface area contributed by atoms with E-state index in [1.807, 2.05) is 36.4 Å². The Morgan fingerprint density at radius 1 is 0.923 bits per heavy atom. The molecule has 0 N–H and O–H groups in total. The van der Waals surface area contributed by atoms with Gasteiger partial charge in [-0.1, -0.05) is 12.1 Å². The second-order valence-corrected chi connectivity index (χ2v) is 6.45. The highest BCUT2D eigenvalue weighted by Crippen LogP contribution is 2.40. The molecule has 0 saturated carbocycles. The minimum atomic E-state index is -0.541. The monoisotopic (exact) mass is 352 g/mol. The fourth-order valence-corrected chi connectivity index (χ4v) is 3.57. The van der Waals surface area contributed by atoms with Crippen molar-refractivity contribution in [3.05, 3.63) is 48.0 Å². The number of nitriles is 1. The summed E-state index contributed by atoms with van der Waals surface area (Å²) in [5.41, 5.74) is 1.49. The Bertz CT molecular complexity index is 783. The Labute approximate surface area is 154 Å². The van der Waals surface area contributed by atoms with Crippen molar-refractivity contribution < 1.29 is 14.2 Å². The highest BCUT2D eigenvalue weighted by atomic mass is 16.5. The predicted molar refractivity (Wildman–Crippen MR) is 101 cm³/mol. The zero-order valence-electron chi connectivity index (χ0n) is 15.5. The molecule has 26 heavy (non-hydrogen) atoms. The number of hydrogen-bond donors (Lipinski definition) is 0. The maximum atomic E-state index is 10.0. The Balaban J connectivity index is 1.87. The zero-order valence-corrected chi connectivity index (χ0v) is 15.5. The highest BCUT2D eigenvalue weighted by Gasteiger charge is 2.37. The summed E-state index contributed by atoms with van der Waals surface area (Å²) in [6.07, 6.45) is 1.47. The van der Waals surface area contributed by atoms with Gasteiger partial charge >= 0.3 is 0 Å². The molecule has 136 valence electrons. The van der Waals surface area contributed by atoms with Gasteiger partial charge in [-0.2, -0.15) is 5.26 Å². The zero-order chi connectivity index (χ0) is 18.6. The number of benzene rings is 2. The van der Waals surface area contributed by atoms with Crippen molar-refractivity contribution >= 4 is 5.69 Å². The molecule has 0 bridgehead atoms. The van der Waals surface area contributed by atoms with E-state index in [0.29, 0.717) is 11.5 Å². The van der Waals surface area contributed by atoms with Crippen molar-refractivity contribution in [2.75, 3.05) is 39.3 Å². The summed E-state index contributed by atoms with van der Waals surface area (Å²) in [5, 5.41) is 10.0. The van der Waals surface area contributed by atoms with Crippen molar-refractivity contribution in [1.29, 1.82) is 5.26 Å². The van der Waals surface area contributed by atoms with Gasteiger partial charge in [0.2, 0.25) is 0 Å². The average molecular weight is 352 g/mol. The molecule has 0 unspecified atom stereocenters. The average Bonchev–Trinajstić information content (AvgIpc) is 2.73. The van der Waals surface area contributed by atoms with Gasteiger partial charge in [-0.25, -0.2) is 0 Å². The smallest absolute Gasteiger partial charge is 0.142 e. The molecule has 1 saturated heterocycles. The predicted octanol–water partition coefficient (Wildman–Crippen LogP) is 3.77. The summed E-state index contributed by atoms with van der Waals surface area (Å²) < 4.78 is 16.2. The van der Waals surface area contributed by atoms with E-state index >= 15 is 0 Å². The first-order valence-electron chi connectivity index (χ1n) is 8.68. The van der Waals surface area contributed by atoms with Gasteiger partial charge < -0.3 is 19.1 Å². The largest absolute Gasteiger partial charge is 0.497 e. The van der Waals surface area contributed by atoms with Gasteiger partial charge in [0.25, 0.3) is 0 Å². The molecule has 1 fully saturated rings. The number of para-hydroxylation sites is 2. The number of ether oxygens (including phenoxy) is 3. The molecule has 2 aromatic rings. The van der Waals surface area contributed by atoms with Crippen molar-refractivity contribution in [2.24, 2.45) is 0 Å². The topological polar surface area (TPSA) is 54.7 Å². The third kappa shape index (κ3) is 3.28. The number of rotatable bonds is 5. The van der Waals surface area contributed by atoms with Crippen LogP contribution in [0.25, 0.3) is 0 Å². The molecule has 2 aromatic carbocycles. The van der Waals surface area contributed by atoms with Gasteiger partial charge in [0.1, 0.15) is 17.2 Å². The fourth-order valence-electron chi connectivity index (χ4n) is 3.57. The molecule has 1 heterocycles. The molecular weight excluding hydrogens is 328 g/mol. The minimum absolute atomic E-state index is 0.541. The molecule has 5 nitrogen and oxygen atoms in total. The lowest BCUT2D eigenvalue weighted by Crippen LogP contribution is -2.42. The maximum absolute atomic E-state index is 10.0. The molecule has 0 aliphatic carbocycles. The third-order valence-corrected chi connectivity index (χ3v) is 5.16. The molecule has 0 spiro atoms. The Hall–Kier alpha value is -2.87. The van der Waals surface area contributed by atoms with E-state index < -0.39 is 5.41 Å². The van der Waals surface area contributed by atoms with E-state index in [1.54, 1.807) is 21.3 Å². The number of anilines is 1. The first-order chi connectivity index (χ1) is 12.7. The Morgan fingerprint density at radius 2 is 1.54 bits per heavy atom. The molecule has 3 rings (SSSR count). The van der Waals surface area contributed by atoms with Gasteiger partial charge in [0.05, 0.1) is 38.5 Å². The lowest BCUT2D eigenvalue weighted by Gasteiger charge is -2.39. The van der Waals surface area contributed by atoms with Crippen molar-refractivity contribution in [2.45, 2.75) is 18.3 Å². The minimum Gasteiger partial charge on any atom is -0.497 e. The van der Waals surface area contributed by atoms with E-state index in [1.165, 1.54) is 0 Å². The van der Waals surface area contributed by atoms with E-state index in [-0.39, 0.29) is 0 Å². The number of nitrogens with zero attached hydrogens (tertiary/aromatic N) is 2. The van der Waals surface area contributed by atoms with Crippen LogP contribution >= 0.6 is 0 Å². The molecule has 0 amide bonds. The summed E-state index contributed by atoms with van der Waals surface area (Å²) in [4.78, 5) is 2.28. The molecular formula is C21H24N2O3. The standard InChI is InChI=1S/C21H24N2O3/c1-24-17-12-16(13-18(14-17)25-2)21(15-22)8-10-23(11-9-21)19-6-4-5-7-20(19)26-3/h4-7,12-14H,8-11H2,1-3H3.